The summed E-state index contributed by atoms with van der Waals surface area (Å²) in [7, 11) is 1.74. The molecule has 1 unspecified atom stereocenters. The smallest absolute Gasteiger partial charge is 0.124 e. The Labute approximate surface area is 104 Å². The Morgan fingerprint density at radius 3 is 2.71 bits per heavy atom. The summed E-state index contributed by atoms with van der Waals surface area (Å²) in [5.74, 6) is 2.54. The van der Waals surface area contributed by atoms with Gasteiger partial charge in [-0.15, -0.1) is 0 Å². The van der Waals surface area contributed by atoms with Gasteiger partial charge in [0, 0.05) is 5.56 Å². The molecule has 1 aromatic rings. The van der Waals surface area contributed by atoms with Gasteiger partial charge in [0.25, 0.3) is 0 Å². The molecule has 1 atom stereocenters. The third-order valence-corrected chi connectivity index (χ3v) is 3.51. The quantitative estimate of drug-likeness (QED) is 0.772. The predicted molar refractivity (Wildman–Crippen MR) is 70.1 cm³/mol. The van der Waals surface area contributed by atoms with Crippen LogP contribution in [0.4, 0.5) is 0 Å². The van der Waals surface area contributed by atoms with Gasteiger partial charge in [-0.3, -0.25) is 0 Å². The molecule has 94 valence electrons. The van der Waals surface area contributed by atoms with Crippen LogP contribution in [-0.2, 0) is 6.42 Å². The maximum absolute atomic E-state index is 6.08. The Morgan fingerprint density at radius 1 is 1.41 bits per heavy atom. The maximum atomic E-state index is 6.08. The van der Waals surface area contributed by atoms with Crippen molar-refractivity contribution in [2.24, 2.45) is 0 Å². The molecule has 0 aromatic heterocycles. The summed E-state index contributed by atoms with van der Waals surface area (Å²) in [6.07, 6.45) is 2.02. The van der Waals surface area contributed by atoms with Crippen molar-refractivity contribution in [3.63, 3.8) is 0 Å². The largest absolute Gasteiger partial charge is 0.496 e. The standard InChI is InChI=1S/C15H22O2/c1-6-11-7-14-12(8-13(11)16-5)10(2)9-15(3,4)17-14/h7-8,10H,6,9H2,1-5H3. The highest BCUT2D eigenvalue weighted by atomic mass is 16.5. The molecular weight excluding hydrogens is 212 g/mol. The van der Waals surface area contributed by atoms with E-state index in [-0.39, 0.29) is 5.60 Å². The molecule has 0 spiro atoms. The van der Waals surface area contributed by atoms with Crippen LogP contribution in [0.2, 0.25) is 0 Å². The number of rotatable bonds is 2. The Balaban J connectivity index is 2.50. The van der Waals surface area contributed by atoms with Crippen molar-refractivity contribution in [3.05, 3.63) is 23.3 Å². The number of fused-ring (bicyclic) bond motifs is 1. The number of benzene rings is 1. The average molecular weight is 234 g/mol. The van der Waals surface area contributed by atoms with E-state index in [1.165, 1.54) is 11.1 Å². The van der Waals surface area contributed by atoms with E-state index in [0.717, 1.165) is 24.3 Å². The van der Waals surface area contributed by atoms with E-state index in [1.54, 1.807) is 7.11 Å². The molecule has 0 radical (unpaired) electrons. The van der Waals surface area contributed by atoms with Crippen molar-refractivity contribution >= 4 is 0 Å². The molecule has 2 heteroatoms. The number of hydrogen-bond donors (Lipinski definition) is 0. The fourth-order valence-electron chi connectivity index (χ4n) is 2.74. The zero-order valence-corrected chi connectivity index (χ0v) is 11.5. The van der Waals surface area contributed by atoms with Gasteiger partial charge in [0.1, 0.15) is 17.1 Å². The van der Waals surface area contributed by atoms with Crippen LogP contribution in [0.1, 0.15) is 51.2 Å². The van der Waals surface area contributed by atoms with Gasteiger partial charge in [0.05, 0.1) is 7.11 Å². The van der Waals surface area contributed by atoms with E-state index in [1.807, 2.05) is 0 Å². The molecule has 0 N–H and O–H groups in total. The van der Waals surface area contributed by atoms with Crippen LogP contribution < -0.4 is 9.47 Å². The van der Waals surface area contributed by atoms with Crippen LogP contribution in [0.15, 0.2) is 12.1 Å². The highest BCUT2D eigenvalue weighted by molar-refractivity contribution is 5.49. The molecule has 17 heavy (non-hydrogen) atoms. The molecule has 0 amide bonds. The second-order valence-corrected chi connectivity index (χ2v) is 5.52. The zero-order chi connectivity index (χ0) is 12.6. The number of ether oxygens (including phenoxy) is 2. The van der Waals surface area contributed by atoms with E-state index in [4.69, 9.17) is 9.47 Å². The molecule has 0 saturated heterocycles. The van der Waals surface area contributed by atoms with E-state index >= 15 is 0 Å². The molecule has 2 nitrogen and oxygen atoms in total. The summed E-state index contributed by atoms with van der Waals surface area (Å²) >= 11 is 0. The van der Waals surface area contributed by atoms with Crippen LogP contribution in [-0.4, -0.2) is 12.7 Å². The summed E-state index contributed by atoms with van der Waals surface area (Å²) in [6.45, 7) is 8.71. The lowest BCUT2D eigenvalue weighted by molar-refractivity contribution is 0.0743. The van der Waals surface area contributed by atoms with Crippen molar-refractivity contribution in [1.82, 2.24) is 0 Å². The lowest BCUT2D eigenvalue weighted by atomic mass is 9.85. The SMILES string of the molecule is CCc1cc2c(cc1OC)C(C)CC(C)(C)O2. The third kappa shape index (κ3) is 2.26. The first-order chi connectivity index (χ1) is 7.96. The average Bonchev–Trinajstić information content (AvgIpc) is 2.26. The minimum absolute atomic E-state index is 0.0635. The highest BCUT2D eigenvalue weighted by Gasteiger charge is 2.32. The first-order valence-electron chi connectivity index (χ1n) is 6.36. The first kappa shape index (κ1) is 12.3. The van der Waals surface area contributed by atoms with Gasteiger partial charge in [0.15, 0.2) is 0 Å². The number of methoxy groups -OCH3 is 1. The molecule has 0 bridgehead atoms. The van der Waals surface area contributed by atoms with Gasteiger partial charge in [-0.25, -0.2) is 0 Å². The van der Waals surface area contributed by atoms with Gasteiger partial charge < -0.3 is 9.47 Å². The summed E-state index contributed by atoms with van der Waals surface area (Å²) in [4.78, 5) is 0. The van der Waals surface area contributed by atoms with Gasteiger partial charge in [-0.1, -0.05) is 13.8 Å². The normalized spacial score (nSPS) is 21.6. The second kappa shape index (κ2) is 4.25. The Hall–Kier alpha value is -1.18. The zero-order valence-electron chi connectivity index (χ0n) is 11.5. The fraction of sp³-hybridized carbons (Fsp3) is 0.600. The van der Waals surface area contributed by atoms with Crippen molar-refractivity contribution in [1.29, 1.82) is 0 Å². The summed E-state index contributed by atoms with van der Waals surface area (Å²) in [6, 6.07) is 4.29. The lowest BCUT2D eigenvalue weighted by Crippen LogP contribution is -2.34. The van der Waals surface area contributed by atoms with Crippen molar-refractivity contribution in [3.8, 4) is 11.5 Å². The van der Waals surface area contributed by atoms with E-state index in [9.17, 15) is 0 Å². The molecule has 1 aromatic carbocycles. The minimum Gasteiger partial charge on any atom is -0.496 e. The summed E-state index contributed by atoms with van der Waals surface area (Å²) in [5, 5.41) is 0. The topological polar surface area (TPSA) is 18.5 Å². The Morgan fingerprint density at radius 2 is 2.12 bits per heavy atom. The van der Waals surface area contributed by atoms with Gasteiger partial charge in [0.2, 0.25) is 0 Å². The second-order valence-electron chi connectivity index (χ2n) is 5.52. The lowest BCUT2D eigenvalue weighted by Gasteiger charge is -2.36. The molecule has 1 heterocycles. The van der Waals surface area contributed by atoms with E-state index in [0.29, 0.717) is 5.92 Å². The Kier molecular flexibility index (Phi) is 3.07. The van der Waals surface area contributed by atoms with Gasteiger partial charge >= 0.3 is 0 Å². The summed E-state index contributed by atoms with van der Waals surface area (Å²) < 4.78 is 11.5. The minimum atomic E-state index is -0.0635. The Bertz CT molecular complexity index is 421. The molecule has 1 aliphatic heterocycles. The molecule has 1 aliphatic rings. The molecule has 2 rings (SSSR count). The van der Waals surface area contributed by atoms with E-state index in [2.05, 4.69) is 39.8 Å². The van der Waals surface area contributed by atoms with Crippen molar-refractivity contribution in [2.45, 2.75) is 52.1 Å². The summed E-state index contributed by atoms with van der Waals surface area (Å²) in [5.41, 5.74) is 2.43. The van der Waals surface area contributed by atoms with E-state index < -0.39 is 0 Å². The monoisotopic (exact) mass is 234 g/mol. The number of aryl methyl sites for hydroxylation is 1. The van der Waals surface area contributed by atoms with Crippen LogP contribution in [0.5, 0.6) is 11.5 Å². The van der Waals surface area contributed by atoms with Crippen LogP contribution in [0.25, 0.3) is 0 Å². The first-order valence-corrected chi connectivity index (χ1v) is 6.36. The molecule has 0 aliphatic carbocycles. The fourth-order valence-corrected chi connectivity index (χ4v) is 2.74. The molecule has 0 saturated carbocycles. The van der Waals surface area contributed by atoms with Crippen molar-refractivity contribution < 1.29 is 9.47 Å². The highest BCUT2D eigenvalue weighted by Crippen LogP contribution is 2.43. The number of hydrogen-bond acceptors (Lipinski definition) is 2. The van der Waals surface area contributed by atoms with Crippen molar-refractivity contribution in [2.75, 3.05) is 7.11 Å². The van der Waals surface area contributed by atoms with Gasteiger partial charge in [-0.05, 0) is 50.3 Å². The van der Waals surface area contributed by atoms with Crippen LogP contribution >= 0.6 is 0 Å². The molecule has 0 fully saturated rings. The van der Waals surface area contributed by atoms with Crippen LogP contribution in [0, 0.1) is 0 Å². The van der Waals surface area contributed by atoms with Crippen LogP contribution in [0.3, 0.4) is 0 Å². The predicted octanol–water partition coefficient (Wildman–Crippen LogP) is 3.92. The third-order valence-electron chi connectivity index (χ3n) is 3.51. The maximum Gasteiger partial charge on any atom is 0.124 e. The molecular formula is C15H22O2. The van der Waals surface area contributed by atoms with Gasteiger partial charge in [-0.2, -0.15) is 0 Å².